The van der Waals surface area contributed by atoms with Crippen molar-refractivity contribution in [1.29, 1.82) is 0 Å². The Labute approximate surface area is 124 Å². The van der Waals surface area contributed by atoms with Gasteiger partial charge in [-0.15, -0.1) is 0 Å². The maximum Gasteiger partial charge on any atom is 0.337 e. The average Bonchev–Trinajstić information content (AvgIpc) is 2.30. The normalized spacial score (nSPS) is 9.95. The number of likely N-dealkylation sites (N-methyl/N-ethyl adjacent to an activating group) is 1. The van der Waals surface area contributed by atoms with Crippen LogP contribution < -0.4 is 11.1 Å². The number of benzene rings is 1. The Kier molecular flexibility index (Phi) is 5.18. The van der Waals surface area contributed by atoms with E-state index in [1.165, 1.54) is 13.1 Å². The number of nitrogens with zero attached hydrogens (tertiary/aromatic N) is 1. The smallest absolute Gasteiger partial charge is 0.337 e. The highest BCUT2D eigenvalue weighted by Gasteiger charge is 2.19. The first-order chi connectivity index (χ1) is 9.22. The van der Waals surface area contributed by atoms with Crippen molar-refractivity contribution in [3.05, 3.63) is 27.7 Å². The van der Waals surface area contributed by atoms with Crippen molar-refractivity contribution >= 4 is 46.8 Å². The molecule has 108 valence electrons. The van der Waals surface area contributed by atoms with E-state index in [1.54, 1.807) is 0 Å². The molecule has 0 aliphatic rings. The highest BCUT2D eigenvalue weighted by atomic mass is 35.5. The van der Waals surface area contributed by atoms with E-state index in [9.17, 15) is 14.4 Å². The lowest BCUT2D eigenvalue weighted by molar-refractivity contribution is -0.118. The molecule has 0 aromatic heterocycles. The lowest BCUT2D eigenvalue weighted by Gasteiger charge is -2.18. The van der Waals surface area contributed by atoms with Gasteiger partial charge >= 0.3 is 12.0 Å². The number of carboxylic acids is 1. The number of carboxylic acid groups (broad SMARTS) is 1. The number of urea groups is 1. The molecule has 0 bridgehead atoms. The summed E-state index contributed by atoms with van der Waals surface area (Å²) in [6.45, 7) is -0.320. The molecule has 0 saturated carbocycles. The van der Waals surface area contributed by atoms with E-state index in [0.717, 1.165) is 11.0 Å². The molecule has 0 heterocycles. The van der Waals surface area contributed by atoms with Gasteiger partial charge in [-0.05, 0) is 12.1 Å². The van der Waals surface area contributed by atoms with Crippen LogP contribution in [0.4, 0.5) is 10.5 Å². The van der Waals surface area contributed by atoms with Gasteiger partial charge in [0, 0.05) is 12.1 Å². The van der Waals surface area contributed by atoms with Gasteiger partial charge in [-0.2, -0.15) is 0 Å². The van der Waals surface area contributed by atoms with Crippen LogP contribution in [-0.2, 0) is 4.79 Å². The van der Waals surface area contributed by atoms with Crippen molar-refractivity contribution in [2.45, 2.75) is 0 Å². The molecule has 9 heteroatoms. The van der Waals surface area contributed by atoms with E-state index < -0.39 is 17.9 Å². The van der Waals surface area contributed by atoms with Crippen molar-refractivity contribution in [1.82, 2.24) is 4.90 Å². The lowest BCUT2D eigenvalue weighted by Crippen LogP contribution is -2.38. The zero-order chi connectivity index (χ0) is 15.4. The van der Waals surface area contributed by atoms with Gasteiger partial charge < -0.3 is 21.1 Å². The molecule has 1 aromatic carbocycles. The van der Waals surface area contributed by atoms with Crippen LogP contribution in [0.1, 0.15) is 10.4 Å². The molecular weight excluding hydrogens is 309 g/mol. The Morgan fingerprint density at radius 1 is 1.35 bits per heavy atom. The topological polar surface area (TPSA) is 113 Å². The van der Waals surface area contributed by atoms with Gasteiger partial charge in [0.2, 0.25) is 5.91 Å². The molecule has 0 aliphatic heterocycles. The standard InChI is InChI=1S/C11H11Cl2N3O4/c1-16(4-8(14)17)11(20)15-9-6(10(18)19)2-5(12)3-7(9)13/h2-3H,4H2,1H3,(H2,14,17)(H,15,20)(H,18,19). The van der Waals surface area contributed by atoms with Gasteiger partial charge in [0.15, 0.2) is 0 Å². The summed E-state index contributed by atoms with van der Waals surface area (Å²) >= 11 is 11.6. The van der Waals surface area contributed by atoms with Gasteiger partial charge in [-0.3, -0.25) is 4.79 Å². The number of rotatable bonds is 4. The molecule has 0 unspecified atom stereocenters. The zero-order valence-corrected chi connectivity index (χ0v) is 11.8. The summed E-state index contributed by atoms with van der Waals surface area (Å²) in [6.07, 6.45) is 0. The zero-order valence-electron chi connectivity index (χ0n) is 10.3. The van der Waals surface area contributed by atoms with E-state index >= 15 is 0 Å². The fourth-order valence-corrected chi connectivity index (χ4v) is 1.92. The molecule has 1 rings (SSSR count). The van der Waals surface area contributed by atoms with Gasteiger partial charge in [0.25, 0.3) is 0 Å². The third-order valence-corrected chi connectivity index (χ3v) is 2.77. The number of hydrogen-bond acceptors (Lipinski definition) is 3. The molecule has 3 amide bonds. The summed E-state index contributed by atoms with van der Waals surface area (Å²) < 4.78 is 0. The second-order valence-corrected chi connectivity index (χ2v) is 4.71. The number of anilines is 1. The van der Waals surface area contributed by atoms with E-state index in [0.29, 0.717) is 0 Å². The van der Waals surface area contributed by atoms with Crippen LogP contribution in [0, 0.1) is 0 Å². The van der Waals surface area contributed by atoms with E-state index in [2.05, 4.69) is 5.32 Å². The lowest BCUT2D eigenvalue weighted by atomic mass is 10.2. The Bertz CT molecular complexity index is 577. The molecule has 0 atom stereocenters. The molecule has 0 saturated heterocycles. The van der Waals surface area contributed by atoms with E-state index in [1.807, 2.05) is 0 Å². The van der Waals surface area contributed by atoms with Crippen LogP contribution in [-0.4, -0.2) is 41.5 Å². The van der Waals surface area contributed by atoms with E-state index in [-0.39, 0.29) is 27.8 Å². The number of primary amides is 1. The minimum atomic E-state index is -1.30. The number of nitrogens with two attached hydrogens (primary N) is 1. The summed E-state index contributed by atoms with van der Waals surface area (Å²) in [5.74, 6) is -2.01. The highest BCUT2D eigenvalue weighted by Crippen LogP contribution is 2.30. The summed E-state index contributed by atoms with van der Waals surface area (Å²) in [5, 5.41) is 11.4. The van der Waals surface area contributed by atoms with Gasteiger partial charge in [0.1, 0.15) is 6.54 Å². The minimum Gasteiger partial charge on any atom is -0.478 e. The number of aromatic carboxylic acids is 1. The SMILES string of the molecule is CN(CC(N)=O)C(=O)Nc1c(Cl)cc(Cl)cc1C(=O)O. The molecule has 0 radical (unpaired) electrons. The van der Waals surface area contributed by atoms with Crippen LogP contribution in [0.25, 0.3) is 0 Å². The summed E-state index contributed by atoms with van der Waals surface area (Å²) in [4.78, 5) is 34.6. The number of halogens is 2. The second-order valence-electron chi connectivity index (χ2n) is 3.87. The quantitative estimate of drug-likeness (QED) is 0.782. The summed E-state index contributed by atoms with van der Waals surface area (Å²) in [7, 11) is 1.32. The number of nitrogens with one attached hydrogen (secondary N) is 1. The van der Waals surface area contributed by atoms with Crippen LogP contribution in [0.2, 0.25) is 10.0 Å². The molecule has 0 fully saturated rings. The Morgan fingerprint density at radius 3 is 2.45 bits per heavy atom. The predicted octanol–water partition coefficient (Wildman–Crippen LogP) is 1.64. The predicted molar refractivity (Wildman–Crippen MR) is 74.3 cm³/mol. The van der Waals surface area contributed by atoms with Crippen molar-refractivity contribution < 1.29 is 19.5 Å². The average molecular weight is 320 g/mol. The van der Waals surface area contributed by atoms with Crippen molar-refractivity contribution in [3.8, 4) is 0 Å². The monoisotopic (exact) mass is 319 g/mol. The van der Waals surface area contributed by atoms with Gasteiger partial charge in [-0.1, -0.05) is 23.2 Å². The molecule has 0 aliphatic carbocycles. The van der Waals surface area contributed by atoms with Crippen molar-refractivity contribution in [2.75, 3.05) is 18.9 Å². The van der Waals surface area contributed by atoms with Crippen molar-refractivity contribution in [3.63, 3.8) is 0 Å². The highest BCUT2D eigenvalue weighted by molar-refractivity contribution is 6.37. The molecular formula is C11H11Cl2N3O4. The minimum absolute atomic E-state index is 0.0317. The van der Waals surface area contributed by atoms with Gasteiger partial charge in [-0.25, -0.2) is 9.59 Å². The van der Waals surface area contributed by atoms with Crippen LogP contribution in [0.5, 0.6) is 0 Å². The number of carbonyl (C=O) groups is 3. The number of amides is 3. The van der Waals surface area contributed by atoms with Crippen molar-refractivity contribution in [2.24, 2.45) is 5.73 Å². The maximum absolute atomic E-state index is 11.8. The Hall–Kier alpha value is -1.99. The fourth-order valence-electron chi connectivity index (χ4n) is 1.38. The van der Waals surface area contributed by atoms with Gasteiger partial charge in [0.05, 0.1) is 16.3 Å². The first-order valence-corrected chi connectivity index (χ1v) is 6.00. The van der Waals surface area contributed by atoms with Crippen LogP contribution in [0.3, 0.4) is 0 Å². The van der Waals surface area contributed by atoms with Crippen LogP contribution in [0.15, 0.2) is 12.1 Å². The largest absolute Gasteiger partial charge is 0.478 e. The van der Waals surface area contributed by atoms with E-state index in [4.69, 9.17) is 34.0 Å². The molecule has 1 aromatic rings. The third-order valence-electron chi connectivity index (χ3n) is 2.26. The summed E-state index contributed by atoms with van der Waals surface area (Å²) in [5.41, 5.74) is 4.59. The third kappa shape index (κ3) is 4.01. The molecule has 0 spiro atoms. The Morgan fingerprint density at radius 2 is 1.95 bits per heavy atom. The summed E-state index contributed by atoms with van der Waals surface area (Å²) in [6, 6.07) is 1.72. The first-order valence-electron chi connectivity index (χ1n) is 5.25. The first kappa shape index (κ1) is 16.1. The molecule has 7 nitrogen and oxygen atoms in total. The number of carbonyl (C=O) groups excluding carboxylic acids is 2. The Balaban J connectivity index is 3.05. The number of hydrogen-bond donors (Lipinski definition) is 3. The molecule has 4 N–H and O–H groups in total. The fraction of sp³-hybridized carbons (Fsp3) is 0.182. The second kappa shape index (κ2) is 6.44. The van der Waals surface area contributed by atoms with Crippen LogP contribution >= 0.6 is 23.2 Å². The molecule has 20 heavy (non-hydrogen) atoms. The maximum atomic E-state index is 11.8.